The van der Waals surface area contributed by atoms with Gasteiger partial charge < -0.3 is 4.74 Å². The van der Waals surface area contributed by atoms with Gasteiger partial charge in [-0.1, -0.05) is 37.3 Å². The van der Waals surface area contributed by atoms with Crippen molar-refractivity contribution in [1.82, 2.24) is 34.6 Å². The molecule has 0 bridgehead atoms. The number of fused-ring (bicyclic) bond motifs is 1. The summed E-state index contributed by atoms with van der Waals surface area (Å²) in [5.41, 5.74) is 2.84. The van der Waals surface area contributed by atoms with Crippen LogP contribution in [-0.2, 0) is 19.1 Å². The van der Waals surface area contributed by atoms with Crippen molar-refractivity contribution in [3.05, 3.63) is 54.1 Å². The fraction of sp³-hybridized carbons (Fsp3) is 0.316. The molecule has 0 N–H and O–H groups in total. The lowest BCUT2D eigenvalue weighted by Crippen LogP contribution is -2.12. The Balaban J connectivity index is 1.59. The highest BCUT2D eigenvalue weighted by molar-refractivity contribution is 5.60. The molecule has 0 radical (unpaired) electrons. The Hall–Kier alpha value is -3.29. The van der Waals surface area contributed by atoms with Crippen molar-refractivity contribution in [1.29, 1.82) is 0 Å². The van der Waals surface area contributed by atoms with Crippen LogP contribution in [0.1, 0.15) is 31.2 Å². The summed E-state index contributed by atoms with van der Waals surface area (Å²) in [5, 5.41) is 17.5. The molecule has 8 heteroatoms. The van der Waals surface area contributed by atoms with Gasteiger partial charge in [0.25, 0.3) is 0 Å². The number of hydrogen-bond donors (Lipinski definition) is 0. The molecular formula is C19H19N7O. The highest BCUT2D eigenvalue weighted by atomic mass is 16.5. The van der Waals surface area contributed by atoms with E-state index in [1.807, 2.05) is 43.4 Å². The second kappa shape index (κ2) is 5.87. The van der Waals surface area contributed by atoms with Crippen molar-refractivity contribution in [3.63, 3.8) is 0 Å². The zero-order valence-corrected chi connectivity index (χ0v) is 15.2. The fourth-order valence-corrected chi connectivity index (χ4v) is 3.16. The van der Waals surface area contributed by atoms with E-state index >= 15 is 0 Å². The van der Waals surface area contributed by atoms with E-state index in [-0.39, 0.29) is 5.41 Å². The summed E-state index contributed by atoms with van der Waals surface area (Å²) in [6, 6.07) is 12.0. The van der Waals surface area contributed by atoms with Gasteiger partial charge in [-0.2, -0.15) is 9.61 Å². The summed E-state index contributed by atoms with van der Waals surface area (Å²) in [6.45, 7) is 2.53. The minimum atomic E-state index is 0.0861. The SMILES string of the molecule is Cn1ncnc1COc1nn2c(-c3ccccc3)nnc2cc1C1(C)CC1. The Morgan fingerprint density at radius 2 is 1.96 bits per heavy atom. The average Bonchev–Trinajstić information content (AvgIpc) is 3.11. The van der Waals surface area contributed by atoms with E-state index in [0.29, 0.717) is 18.3 Å². The van der Waals surface area contributed by atoms with Crippen molar-refractivity contribution < 1.29 is 4.74 Å². The number of aromatic nitrogens is 7. The van der Waals surface area contributed by atoms with E-state index in [4.69, 9.17) is 9.84 Å². The monoisotopic (exact) mass is 361 g/mol. The molecule has 0 atom stereocenters. The first-order chi connectivity index (χ1) is 13.1. The van der Waals surface area contributed by atoms with Gasteiger partial charge in [0.2, 0.25) is 5.88 Å². The van der Waals surface area contributed by atoms with Crippen LogP contribution in [0.15, 0.2) is 42.7 Å². The van der Waals surface area contributed by atoms with E-state index in [0.717, 1.165) is 35.4 Å². The summed E-state index contributed by atoms with van der Waals surface area (Å²) in [7, 11) is 1.85. The Kier molecular flexibility index (Phi) is 3.46. The molecule has 0 amide bonds. The van der Waals surface area contributed by atoms with Gasteiger partial charge in [0.1, 0.15) is 12.9 Å². The van der Waals surface area contributed by atoms with Crippen LogP contribution in [0.2, 0.25) is 0 Å². The molecule has 1 aliphatic rings. The topological polar surface area (TPSA) is 83.0 Å². The van der Waals surface area contributed by atoms with Crippen molar-refractivity contribution in [3.8, 4) is 17.3 Å². The highest BCUT2D eigenvalue weighted by Gasteiger charge is 2.42. The molecule has 3 aromatic heterocycles. The minimum Gasteiger partial charge on any atom is -0.468 e. The van der Waals surface area contributed by atoms with Gasteiger partial charge in [0.15, 0.2) is 17.3 Å². The van der Waals surface area contributed by atoms with Gasteiger partial charge in [-0.05, 0) is 24.3 Å². The third kappa shape index (κ3) is 2.73. The van der Waals surface area contributed by atoms with Gasteiger partial charge in [-0.25, -0.2) is 4.98 Å². The molecule has 1 saturated carbocycles. The minimum absolute atomic E-state index is 0.0861. The average molecular weight is 361 g/mol. The van der Waals surface area contributed by atoms with E-state index < -0.39 is 0 Å². The van der Waals surface area contributed by atoms with Crippen LogP contribution >= 0.6 is 0 Å². The van der Waals surface area contributed by atoms with Crippen molar-refractivity contribution in [2.45, 2.75) is 31.8 Å². The quantitative estimate of drug-likeness (QED) is 0.543. The fourth-order valence-electron chi connectivity index (χ4n) is 3.16. The number of ether oxygens (including phenoxy) is 1. The normalized spacial score (nSPS) is 15.2. The number of hydrogen-bond acceptors (Lipinski definition) is 6. The molecule has 8 nitrogen and oxygen atoms in total. The maximum atomic E-state index is 6.09. The van der Waals surface area contributed by atoms with Crippen LogP contribution in [0.25, 0.3) is 17.0 Å². The first-order valence-corrected chi connectivity index (χ1v) is 8.92. The van der Waals surface area contributed by atoms with Crippen LogP contribution in [0, 0.1) is 0 Å². The predicted octanol–water partition coefficient (Wildman–Crippen LogP) is 2.55. The zero-order chi connectivity index (χ0) is 18.4. The second-order valence-corrected chi connectivity index (χ2v) is 7.17. The Morgan fingerprint density at radius 3 is 2.67 bits per heavy atom. The first kappa shape index (κ1) is 15.9. The molecule has 0 aliphatic heterocycles. The summed E-state index contributed by atoms with van der Waals surface area (Å²) in [5.74, 6) is 2.04. The molecule has 4 aromatic rings. The Labute approximate surface area is 155 Å². The maximum Gasteiger partial charge on any atom is 0.236 e. The molecule has 27 heavy (non-hydrogen) atoms. The molecule has 0 spiro atoms. The third-order valence-electron chi connectivity index (χ3n) is 5.18. The number of rotatable bonds is 5. The van der Waals surface area contributed by atoms with Crippen LogP contribution in [0.4, 0.5) is 0 Å². The molecule has 0 saturated heterocycles. The number of benzene rings is 1. The van der Waals surface area contributed by atoms with Gasteiger partial charge in [-0.3, -0.25) is 4.68 Å². The smallest absolute Gasteiger partial charge is 0.236 e. The van der Waals surface area contributed by atoms with Crippen LogP contribution in [0.3, 0.4) is 0 Å². The lowest BCUT2D eigenvalue weighted by atomic mass is 10.0. The van der Waals surface area contributed by atoms with Gasteiger partial charge in [0, 0.05) is 18.2 Å². The maximum absolute atomic E-state index is 6.09. The van der Waals surface area contributed by atoms with Crippen molar-refractivity contribution >= 4 is 5.65 Å². The molecule has 1 fully saturated rings. The molecule has 1 aromatic carbocycles. The van der Waals surface area contributed by atoms with E-state index in [2.05, 4.69) is 27.2 Å². The number of nitrogens with zero attached hydrogens (tertiary/aromatic N) is 7. The lowest BCUT2D eigenvalue weighted by molar-refractivity contribution is 0.269. The summed E-state index contributed by atoms with van der Waals surface area (Å²) in [4.78, 5) is 4.22. The molecule has 136 valence electrons. The van der Waals surface area contributed by atoms with Gasteiger partial charge in [-0.15, -0.1) is 15.3 Å². The van der Waals surface area contributed by atoms with Crippen LogP contribution in [0.5, 0.6) is 5.88 Å². The van der Waals surface area contributed by atoms with Crippen LogP contribution in [-0.4, -0.2) is 34.6 Å². The Bertz CT molecular complexity index is 1110. The predicted molar refractivity (Wildman–Crippen MR) is 98.1 cm³/mol. The van der Waals surface area contributed by atoms with Gasteiger partial charge >= 0.3 is 0 Å². The molecule has 3 heterocycles. The highest BCUT2D eigenvalue weighted by Crippen LogP contribution is 2.50. The lowest BCUT2D eigenvalue weighted by Gasteiger charge is -2.15. The van der Waals surface area contributed by atoms with Crippen LogP contribution < -0.4 is 4.74 Å². The first-order valence-electron chi connectivity index (χ1n) is 8.92. The van der Waals surface area contributed by atoms with Crippen molar-refractivity contribution in [2.75, 3.05) is 0 Å². The number of aryl methyl sites for hydroxylation is 1. The summed E-state index contributed by atoms with van der Waals surface area (Å²) < 4.78 is 9.53. The molecule has 1 aliphatic carbocycles. The standard InChI is InChI=1S/C19H19N7O/c1-19(8-9-19)14-10-15-22-23-17(13-6-4-3-5-7-13)26(15)24-18(14)27-11-16-20-12-21-25(16)2/h3-7,10,12H,8-9,11H2,1-2H3. The third-order valence-corrected chi connectivity index (χ3v) is 5.18. The van der Waals surface area contributed by atoms with E-state index in [9.17, 15) is 0 Å². The van der Waals surface area contributed by atoms with Crippen molar-refractivity contribution in [2.24, 2.45) is 7.05 Å². The van der Waals surface area contributed by atoms with E-state index in [1.165, 1.54) is 6.33 Å². The Morgan fingerprint density at radius 1 is 1.15 bits per heavy atom. The largest absolute Gasteiger partial charge is 0.468 e. The second-order valence-electron chi connectivity index (χ2n) is 7.17. The van der Waals surface area contributed by atoms with E-state index in [1.54, 1.807) is 9.20 Å². The molecule has 0 unspecified atom stereocenters. The summed E-state index contributed by atoms with van der Waals surface area (Å²) >= 11 is 0. The zero-order valence-electron chi connectivity index (χ0n) is 15.2. The molecular weight excluding hydrogens is 342 g/mol. The van der Waals surface area contributed by atoms with Gasteiger partial charge in [0.05, 0.1) is 0 Å². The summed E-state index contributed by atoms with van der Waals surface area (Å²) in [6.07, 6.45) is 3.75. The molecule has 5 rings (SSSR count).